The number of anilines is 1. The van der Waals surface area contributed by atoms with Crippen molar-refractivity contribution in [1.29, 1.82) is 0 Å². The Morgan fingerprint density at radius 3 is 2.25 bits per heavy atom. The maximum Gasteiger partial charge on any atom is 0.343 e. The predicted octanol–water partition coefficient (Wildman–Crippen LogP) is 2.65. The van der Waals surface area contributed by atoms with Crippen molar-refractivity contribution in [2.24, 2.45) is 0 Å². The van der Waals surface area contributed by atoms with Gasteiger partial charge in [0.05, 0.1) is 5.56 Å². The summed E-state index contributed by atoms with van der Waals surface area (Å²) in [4.78, 5) is 19.2. The summed E-state index contributed by atoms with van der Waals surface area (Å²) in [5.41, 5.74) is 1.92. The molecule has 4 rings (SSSR count). The van der Waals surface area contributed by atoms with Gasteiger partial charge in [-0.3, -0.25) is 9.80 Å². The number of benzene rings is 1. The summed E-state index contributed by atoms with van der Waals surface area (Å²) in [6, 6.07) is 10.4. The lowest BCUT2D eigenvalue weighted by atomic mass is 10.1. The molecule has 0 unspecified atom stereocenters. The van der Waals surface area contributed by atoms with Crippen LogP contribution in [0.15, 0.2) is 45.8 Å². The van der Waals surface area contributed by atoms with E-state index in [1.165, 1.54) is 31.2 Å². The monoisotopic (exact) mass is 383 g/mol. The van der Waals surface area contributed by atoms with Crippen LogP contribution in [-0.2, 0) is 13.1 Å². The Bertz CT molecular complexity index is 823. The Hall–Kier alpha value is -2.31. The summed E-state index contributed by atoms with van der Waals surface area (Å²) >= 11 is 0. The highest BCUT2D eigenvalue weighted by molar-refractivity contribution is 5.46. The van der Waals surface area contributed by atoms with Gasteiger partial charge in [-0.05, 0) is 38.1 Å². The molecule has 0 saturated carbocycles. The number of hydrogen-bond donors (Lipinski definition) is 1. The zero-order valence-corrected chi connectivity index (χ0v) is 16.3. The van der Waals surface area contributed by atoms with Crippen molar-refractivity contribution in [3.8, 4) is 5.75 Å². The quantitative estimate of drug-likeness (QED) is 0.857. The van der Waals surface area contributed by atoms with Gasteiger partial charge in [-0.25, -0.2) is 4.79 Å². The smallest absolute Gasteiger partial charge is 0.343 e. The van der Waals surface area contributed by atoms with E-state index in [9.17, 15) is 9.90 Å². The number of aromatic hydroxyl groups is 1. The van der Waals surface area contributed by atoms with E-state index in [4.69, 9.17) is 4.42 Å². The van der Waals surface area contributed by atoms with Crippen molar-refractivity contribution < 1.29 is 9.52 Å². The summed E-state index contributed by atoms with van der Waals surface area (Å²) in [5, 5.41) is 10.7. The first-order chi connectivity index (χ1) is 13.7. The minimum absolute atomic E-state index is 0.118. The van der Waals surface area contributed by atoms with Gasteiger partial charge in [-0.2, -0.15) is 0 Å². The normalized spacial score (nSPS) is 19.1. The molecule has 0 bridgehead atoms. The largest absolute Gasteiger partial charge is 0.507 e. The van der Waals surface area contributed by atoms with Gasteiger partial charge in [0.2, 0.25) is 0 Å². The summed E-state index contributed by atoms with van der Waals surface area (Å²) in [7, 11) is 0. The molecule has 0 aliphatic carbocycles. The van der Waals surface area contributed by atoms with Gasteiger partial charge in [-0.15, -0.1) is 0 Å². The van der Waals surface area contributed by atoms with Crippen molar-refractivity contribution >= 4 is 5.69 Å². The van der Waals surface area contributed by atoms with Gasteiger partial charge in [0.15, 0.2) is 0 Å². The summed E-state index contributed by atoms with van der Waals surface area (Å²) < 4.78 is 5.26. The molecule has 1 aromatic heterocycles. The third-order valence-corrected chi connectivity index (χ3v) is 5.86. The summed E-state index contributed by atoms with van der Waals surface area (Å²) in [6.07, 6.45) is 5.09. The molecule has 2 aliphatic heterocycles. The highest BCUT2D eigenvalue weighted by atomic mass is 16.4. The lowest BCUT2D eigenvalue weighted by molar-refractivity contribution is 0.213. The van der Waals surface area contributed by atoms with E-state index in [0.717, 1.165) is 44.8 Å². The van der Waals surface area contributed by atoms with Crippen LogP contribution in [0.4, 0.5) is 5.69 Å². The Morgan fingerprint density at radius 1 is 0.857 bits per heavy atom. The highest BCUT2D eigenvalue weighted by Gasteiger charge is 2.22. The molecule has 2 aromatic rings. The molecule has 1 aromatic carbocycles. The van der Waals surface area contributed by atoms with E-state index in [-0.39, 0.29) is 5.75 Å². The van der Waals surface area contributed by atoms with Gasteiger partial charge < -0.3 is 14.4 Å². The van der Waals surface area contributed by atoms with Gasteiger partial charge >= 0.3 is 5.63 Å². The van der Waals surface area contributed by atoms with Crippen molar-refractivity contribution in [3.63, 3.8) is 0 Å². The van der Waals surface area contributed by atoms with Crippen LogP contribution in [0.25, 0.3) is 0 Å². The molecule has 2 aliphatic rings. The number of para-hydroxylation sites is 1. The van der Waals surface area contributed by atoms with Gasteiger partial charge in [0, 0.05) is 50.5 Å². The first-order valence-electron chi connectivity index (χ1n) is 10.3. The lowest BCUT2D eigenvalue weighted by Gasteiger charge is -2.36. The number of piperidine rings is 1. The lowest BCUT2D eigenvalue weighted by Crippen LogP contribution is -2.46. The van der Waals surface area contributed by atoms with Crippen LogP contribution < -0.4 is 10.5 Å². The molecule has 1 N–H and O–H groups in total. The molecular formula is C22H29N3O3. The first-order valence-corrected chi connectivity index (χ1v) is 10.3. The minimum Gasteiger partial charge on any atom is -0.507 e. The SMILES string of the molecule is O=c1occ(CN2CCCCC2)c(O)c1CN1CCN(c2ccccc2)CC1. The standard InChI is InChI=1S/C22H29N3O3/c26-21-18(15-23-9-5-2-6-10-23)17-28-22(27)20(21)16-24-11-13-25(14-12-24)19-7-3-1-4-8-19/h1,3-4,7-8,17,26H,2,5-6,9-16H2. The Kier molecular flexibility index (Phi) is 5.98. The molecule has 28 heavy (non-hydrogen) atoms. The molecule has 0 amide bonds. The Balaban J connectivity index is 1.40. The van der Waals surface area contributed by atoms with Crippen LogP contribution >= 0.6 is 0 Å². The van der Waals surface area contributed by atoms with E-state index in [2.05, 4.69) is 39.0 Å². The van der Waals surface area contributed by atoms with E-state index < -0.39 is 5.63 Å². The van der Waals surface area contributed by atoms with E-state index in [1.54, 1.807) is 0 Å². The van der Waals surface area contributed by atoms with E-state index in [1.807, 2.05) is 6.07 Å². The molecule has 2 saturated heterocycles. The maximum atomic E-state index is 12.3. The second kappa shape index (κ2) is 8.80. The van der Waals surface area contributed by atoms with Crippen molar-refractivity contribution in [3.05, 3.63) is 58.1 Å². The fraction of sp³-hybridized carbons (Fsp3) is 0.500. The molecule has 0 radical (unpaired) electrons. The fourth-order valence-electron chi connectivity index (χ4n) is 4.18. The average Bonchev–Trinajstić information content (AvgIpc) is 2.75. The van der Waals surface area contributed by atoms with Crippen LogP contribution in [0.3, 0.4) is 0 Å². The third kappa shape index (κ3) is 4.39. The van der Waals surface area contributed by atoms with Gasteiger partial charge in [0.1, 0.15) is 12.0 Å². The molecule has 0 spiro atoms. The molecule has 6 heteroatoms. The van der Waals surface area contributed by atoms with Gasteiger partial charge in [0.25, 0.3) is 0 Å². The third-order valence-electron chi connectivity index (χ3n) is 5.86. The summed E-state index contributed by atoms with van der Waals surface area (Å²) in [6.45, 7) is 6.67. The number of nitrogens with zero attached hydrogens (tertiary/aromatic N) is 3. The zero-order chi connectivity index (χ0) is 19.3. The Labute approximate surface area is 166 Å². The summed E-state index contributed by atoms with van der Waals surface area (Å²) in [5.74, 6) is 0.118. The number of rotatable bonds is 5. The minimum atomic E-state index is -0.426. The second-order valence-corrected chi connectivity index (χ2v) is 7.81. The van der Waals surface area contributed by atoms with Crippen LogP contribution in [0.2, 0.25) is 0 Å². The van der Waals surface area contributed by atoms with E-state index in [0.29, 0.717) is 18.7 Å². The second-order valence-electron chi connectivity index (χ2n) is 7.81. The van der Waals surface area contributed by atoms with Crippen LogP contribution in [-0.4, -0.2) is 54.2 Å². The van der Waals surface area contributed by atoms with Crippen molar-refractivity contribution in [2.75, 3.05) is 44.2 Å². The number of likely N-dealkylation sites (tertiary alicyclic amines) is 1. The molecule has 0 atom stereocenters. The molecule has 3 heterocycles. The predicted molar refractivity (Wildman–Crippen MR) is 110 cm³/mol. The molecule has 6 nitrogen and oxygen atoms in total. The first kappa shape index (κ1) is 19.0. The molecular weight excluding hydrogens is 354 g/mol. The topological polar surface area (TPSA) is 60.2 Å². The van der Waals surface area contributed by atoms with Crippen molar-refractivity contribution in [2.45, 2.75) is 32.4 Å². The maximum absolute atomic E-state index is 12.3. The van der Waals surface area contributed by atoms with Crippen LogP contribution in [0, 0.1) is 0 Å². The van der Waals surface area contributed by atoms with Gasteiger partial charge in [-0.1, -0.05) is 24.6 Å². The van der Waals surface area contributed by atoms with Crippen LogP contribution in [0.5, 0.6) is 5.75 Å². The highest BCUT2D eigenvalue weighted by Crippen LogP contribution is 2.25. The number of piperazine rings is 1. The molecule has 150 valence electrons. The molecule has 2 fully saturated rings. The number of hydrogen-bond acceptors (Lipinski definition) is 6. The van der Waals surface area contributed by atoms with Crippen molar-refractivity contribution in [1.82, 2.24) is 9.80 Å². The average molecular weight is 383 g/mol. The van der Waals surface area contributed by atoms with Crippen LogP contribution in [0.1, 0.15) is 30.4 Å². The zero-order valence-electron chi connectivity index (χ0n) is 16.3. The van der Waals surface area contributed by atoms with E-state index >= 15 is 0 Å². The Morgan fingerprint density at radius 2 is 1.54 bits per heavy atom. The fourth-order valence-corrected chi connectivity index (χ4v) is 4.18.